The summed E-state index contributed by atoms with van der Waals surface area (Å²) in [6, 6.07) is 9.50. The van der Waals surface area contributed by atoms with Crippen molar-refractivity contribution in [2.75, 3.05) is 0 Å². The zero-order valence-electron chi connectivity index (χ0n) is 7.98. The van der Waals surface area contributed by atoms with Crippen molar-refractivity contribution in [3.63, 3.8) is 0 Å². The predicted octanol–water partition coefficient (Wildman–Crippen LogP) is 5.45. The van der Waals surface area contributed by atoms with Crippen molar-refractivity contribution in [2.24, 2.45) is 0 Å². The second-order valence-corrected chi connectivity index (χ2v) is 4.39. The highest BCUT2D eigenvalue weighted by molar-refractivity contribution is 6.44. The summed E-state index contributed by atoms with van der Waals surface area (Å²) in [5, 5.41) is 0.985. The predicted molar refractivity (Wildman–Crippen MR) is 66.9 cm³/mol. The third-order valence-electron chi connectivity index (χ3n) is 2.18. The van der Waals surface area contributed by atoms with E-state index in [0.717, 1.165) is 0 Å². The molecule has 2 aromatic carbocycles. The fraction of sp³-hybridized carbons (Fsp3) is 0. The molecule has 0 atom stereocenters. The van der Waals surface area contributed by atoms with Gasteiger partial charge in [-0.2, -0.15) is 0 Å². The summed E-state index contributed by atoms with van der Waals surface area (Å²) in [5.74, 6) is -0.420. The van der Waals surface area contributed by atoms with Crippen LogP contribution in [0.15, 0.2) is 36.4 Å². The van der Waals surface area contributed by atoms with E-state index < -0.39 is 5.82 Å². The molecule has 0 aromatic heterocycles. The van der Waals surface area contributed by atoms with Crippen molar-refractivity contribution < 1.29 is 4.39 Å². The first-order valence-electron chi connectivity index (χ1n) is 4.49. The van der Waals surface area contributed by atoms with Gasteiger partial charge in [0.15, 0.2) is 0 Å². The second-order valence-electron chi connectivity index (χ2n) is 3.20. The fourth-order valence-electron chi connectivity index (χ4n) is 1.45. The molecule has 0 heterocycles. The van der Waals surface area contributed by atoms with Crippen LogP contribution in [0, 0.1) is 5.82 Å². The molecule has 82 valence electrons. The minimum Gasteiger partial charge on any atom is -0.206 e. The highest BCUT2D eigenvalue weighted by Crippen LogP contribution is 2.38. The Hall–Kier alpha value is -0.760. The van der Waals surface area contributed by atoms with E-state index >= 15 is 0 Å². The Morgan fingerprint density at radius 3 is 2.12 bits per heavy atom. The van der Waals surface area contributed by atoms with Crippen LogP contribution >= 0.6 is 34.8 Å². The van der Waals surface area contributed by atoms with Crippen molar-refractivity contribution in [3.05, 3.63) is 57.3 Å². The highest BCUT2D eigenvalue weighted by Gasteiger charge is 2.13. The zero-order valence-corrected chi connectivity index (χ0v) is 10.2. The van der Waals surface area contributed by atoms with Gasteiger partial charge in [-0.15, -0.1) is 0 Å². The van der Waals surface area contributed by atoms with E-state index in [4.69, 9.17) is 34.8 Å². The van der Waals surface area contributed by atoms with Crippen molar-refractivity contribution in [2.45, 2.75) is 0 Å². The van der Waals surface area contributed by atoms with Crippen LogP contribution in [0.3, 0.4) is 0 Å². The molecule has 0 N–H and O–H groups in total. The van der Waals surface area contributed by atoms with Crippen LogP contribution in [0.4, 0.5) is 4.39 Å². The van der Waals surface area contributed by atoms with Crippen LogP contribution in [-0.4, -0.2) is 0 Å². The molecule has 0 amide bonds. The first-order chi connectivity index (χ1) is 7.61. The molecule has 0 radical (unpaired) electrons. The Bertz CT molecular complexity index is 518. The van der Waals surface area contributed by atoms with Crippen LogP contribution in [0.1, 0.15) is 0 Å². The Kier molecular flexibility index (Phi) is 3.38. The maximum atomic E-state index is 13.7. The van der Waals surface area contributed by atoms with Crippen LogP contribution in [0.25, 0.3) is 11.1 Å². The van der Waals surface area contributed by atoms with Crippen molar-refractivity contribution >= 4 is 34.8 Å². The van der Waals surface area contributed by atoms with E-state index in [0.29, 0.717) is 20.6 Å². The third kappa shape index (κ3) is 2.03. The van der Waals surface area contributed by atoms with Crippen LogP contribution in [-0.2, 0) is 0 Å². The van der Waals surface area contributed by atoms with E-state index in [1.54, 1.807) is 30.3 Å². The van der Waals surface area contributed by atoms with Gasteiger partial charge in [-0.1, -0.05) is 53.0 Å². The van der Waals surface area contributed by atoms with Gasteiger partial charge >= 0.3 is 0 Å². The van der Waals surface area contributed by atoms with Gasteiger partial charge in [0.05, 0.1) is 15.1 Å². The molecule has 0 fully saturated rings. The summed E-state index contributed by atoms with van der Waals surface area (Å²) >= 11 is 17.8. The molecule has 0 bridgehead atoms. The van der Waals surface area contributed by atoms with Gasteiger partial charge in [0.2, 0.25) is 0 Å². The number of hydrogen-bond donors (Lipinski definition) is 0. The van der Waals surface area contributed by atoms with E-state index in [9.17, 15) is 4.39 Å². The maximum Gasteiger partial charge on any atom is 0.132 e. The maximum absolute atomic E-state index is 13.7. The van der Waals surface area contributed by atoms with E-state index in [1.165, 1.54) is 6.07 Å². The minimum absolute atomic E-state index is 0.275. The van der Waals surface area contributed by atoms with Gasteiger partial charge in [0.25, 0.3) is 0 Å². The van der Waals surface area contributed by atoms with E-state index in [1.807, 2.05) is 0 Å². The first kappa shape index (κ1) is 11.7. The summed E-state index contributed by atoms with van der Waals surface area (Å²) in [4.78, 5) is 0. The largest absolute Gasteiger partial charge is 0.206 e. The van der Waals surface area contributed by atoms with Gasteiger partial charge in [0, 0.05) is 11.1 Å². The lowest BCUT2D eigenvalue weighted by atomic mass is 10.1. The van der Waals surface area contributed by atoms with Crippen molar-refractivity contribution in [3.8, 4) is 11.1 Å². The van der Waals surface area contributed by atoms with Crippen LogP contribution < -0.4 is 0 Å². The molecule has 0 saturated carbocycles. The third-order valence-corrected chi connectivity index (χ3v) is 3.32. The molecule has 0 aliphatic carbocycles. The molecule has 0 spiro atoms. The lowest BCUT2D eigenvalue weighted by Crippen LogP contribution is -1.87. The van der Waals surface area contributed by atoms with Gasteiger partial charge < -0.3 is 0 Å². The molecular formula is C12H6Cl3F. The lowest BCUT2D eigenvalue weighted by Gasteiger charge is -2.08. The minimum atomic E-state index is -0.420. The summed E-state index contributed by atoms with van der Waals surface area (Å²) < 4.78 is 13.7. The second kappa shape index (κ2) is 4.62. The number of rotatable bonds is 1. The smallest absolute Gasteiger partial charge is 0.132 e. The lowest BCUT2D eigenvalue weighted by molar-refractivity contribution is 0.631. The average molecular weight is 276 g/mol. The average Bonchev–Trinajstić information content (AvgIpc) is 2.24. The van der Waals surface area contributed by atoms with Gasteiger partial charge in [-0.3, -0.25) is 0 Å². The fourth-order valence-corrected chi connectivity index (χ4v) is 2.11. The molecule has 16 heavy (non-hydrogen) atoms. The highest BCUT2D eigenvalue weighted by atomic mass is 35.5. The summed E-state index contributed by atoms with van der Waals surface area (Å²) in [5.41, 5.74) is 0.772. The monoisotopic (exact) mass is 274 g/mol. The molecule has 4 heteroatoms. The van der Waals surface area contributed by atoms with Gasteiger partial charge in [0.1, 0.15) is 5.82 Å². The van der Waals surface area contributed by atoms with Gasteiger partial charge in [-0.05, 0) is 18.2 Å². The summed E-state index contributed by atoms with van der Waals surface area (Å²) in [7, 11) is 0. The molecule has 2 aromatic rings. The van der Waals surface area contributed by atoms with E-state index in [2.05, 4.69) is 0 Å². The Balaban J connectivity index is 2.73. The van der Waals surface area contributed by atoms with Crippen molar-refractivity contribution in [1.82, 2.24) is 0 Å². The summed E-state index contributed by atoms with van der Waals surface area (Å²) in [6.07, 6.45) is 0. The SMILES string of the molecule is Fc1cccc(Cl)c1-c1cccc(Cl)c1Cl. The Labute approximate surface area is 108 Å². The molecule has 0 aliphatic rings. The first-order valence-corrected chi connectivity index (χ1v) is 5.63. The van der Waals surface area contributed by atoms with Crippen molar-refractivity contribution in [1.29, 1.82) is 0 Å². The Morgan fingerprint density at radius 1 is 0.812 bits per heavy atom. The quantitative estimate of drug-likeness (QED) is 0.649. The molecule has 2 rings (SSSR count). The molecule has 0 saturated heterocycles. The zero-order chi connectivity index (χ0) is 11.7. The molecule has 0 nitrogen and oxygen atoms in total. The number of hydrogen-bond acceptors (Lipinski definition) is 0. The number of benzene rings is 2. The van der Waals surface area contributed by atoms with Crippen LogP contribution in [0.2, 0.25) is 15.1 Å². The Morgan fingerprint density at radius 2 is 1.44 bits per heavy atom. The van der Waals surface area contributed by atoms with Gasteiger partial charge in [-0.25, -0.2) is 4.39 Å². The molecular weight excluding hydrogens is 269 g/mol. The van der Waals surface area contributed by atoms with E-state index in [-0.39, 0.29) is 5.56 Å². The standard InChI is InChI=1S/C12H6Cl3F/c13-8-4-2-6-10(16)11(8)7-3-1-5-9(14)12(7)15/h1-6H. The van der Waals surface area contributed by atoms with Crippen LogP contribution in [0.5, 0.6) is 0 Å². The normalized spacial score (nSPS) is 10.5. The molecule has 0 aliphatic heterocycles. The topological polar surface area (TPSA) is 0 Å². The number of halogens is 4. The molecule has 0 unspecified atom stereocenters. The summed E-state index contributed by atoms with van der Waals surface area (Å²) in [6.45, 7) is 0.